The maximum atomic E-state index is 11.4. The van der Waals surface area contributed by atoms with Crippen molar-refractivity contribution < 1.29 is 43.3 Å². The number of hydrogen-bond acceptors (Lipinski definition) is 11. The van der Waals surface area contributed by atoms with Crippen molar-refractivity contribution in [3.05, 3.63) is 20.6 Å². The molecule has 0 aromatic heterocycles. The van der Waals surface area contributed by atoms with Crippen LogP contribution in [0.5, 0.6) is 0 Å². The molecule has 0 amide bonds. The second-order valence-electron chi connectivity index (χ2n) is 5.02. The van der Waals surface area contributed by atoms with Gasteiger partial charge in [0.05, 0.1) is 0 Å². The molecule has 0 saturated carbocycles. The van der Waals surface area contributed by atoms with Gasteiger partial charge in [-0.05, 0) is 5.53 Å². The minimum atomic E-state index is -1.79. The highest BCUT2D eigenvalue weighted by atomic mass is 17.0. The molecule has 0 aliphatic carbocycles. The van der Waals surface area contributed by atoms with Crippen molar-refractivity contribution in [3.8, 4) is 0 Å². The molecule has 5 atom stereocenters. The number of hydrogen-bond donors (Lipinski definition) is 0. The standard InChI is InChI=1S/C12H16N4O10/c1-5(17)22-4-8-10(23-6(2)18)11(24-7(3)19)9(14-15-13)12(25-8)26-16(20)21/h8-12H,4H2,1-3H3/t8?,9?,10-,11?,12-/m0/s1. The van der Waals surface area contributed by atoms with E-state index >= 15 is 0 Å². The number of carbonyl (C=O) groups excluding carboxylic acids is 3. The quantitative estimate of drug-likeness (QED) is 0.111. The summed E-state index contributed by atoms with van der Waals surface area (Å²) >= 11 is 0. The van der Waals surface area contributed by atoms with Gasteiger partial charge in [-0.25, -0.2) is 0 Å². The molecule has 14 nitrogen and oxygen atoms in total. The first-order valence-corrected chi connectivity index (χ1v) is 7.14. The van der Waals surface area contributed by atoms with Crippen molar-refractivity contribution in [1.29, 1.82) is 0 Å². The Balaban J connectivity index is 3.28. The monoisotopic (exact) mass is 376 g/mol. The third-order valence-corrected chi connectivity index (χ3v) is 3.04. The maximum absolute atomic E-state index is 11.4. The van der Waals surface area contributed by atoms with Gasteiger partial charge in [-0.15, -0.1) is 10.1 Å². The summed E-state index contributed by atoms with van der Waals surface area (Å²) in [7, 11) is 0. The average molecular weight is 376 g/mol. The predicted octanol–water partition coefficient (Wildman–Crippen LogP) is 0.0250. The van der Waals surface area contributed by atoms with Gasteiger partial charge in [0.25, 0.3) is 5.09 Å². The van der Waals surface area contributed by atoms with Crippen molar-refractivity contribution >= 4 is 17.9 Å². The molecule has 0 spiro atoms. The lowest BCUT2D eigenvalue weighted by Gasteiger charge is -2.42. The van der Waals surface area contributed by atoms with Gasteiger partial charge in [0.15, 0.2) is 12.2 Å². The summed E-state index contributed by atoms with van der Waals surface area (Å²) in [4.78, 5) is 51.3. The topological polar surface area (TPSA) is 189 Å². The first-order valence-electron chi connectivity index (χ1n) is 7.14. The Morgan fingerprint density at radius 2 is 1.73 bits per heavy atom. The van der Waals surface area contributed by atoms with Crippen LogP contribution >= 0.6 is 0 Å². The van der Waals surface area contributed by atoms with Gasteiger partial charge in [-0.2, -0.15) is 0 Å². The van der Waals surface area contributed by atoms with Crippen LogP contribution in [0.25, 0.3) is 10.4 Å². The zero-order chi connectivity index (χ0) is 19.9. The lowest BCUT2D eigenvalue weighted by molar-refractivity contribution is -0.783. The fourth-order valence-corrected chi connectivity index (χ4v) is 2.24. The molecule has 26 heavy (non-hydrogen) atoms. The SMILES string of the molecule is CC(=O)OCC1O[C@@H](O[N+](=O)[O-])C(N=[N+]=[N-])C(OC(C)=O)[C@H]1OC(C)=O. The van der Waals surface area contributed by atoms with E-state index in [0.29, 0.717) is 0 Å². The van der Waals surface area contributed by atoms with Crippen molar-refractivity contribution in [2.75, 3.05) is 6.61 Å². The molecule has 0 aromatic carbocycles. The number of carbonyl (C=O) groups is 3. The first kappa shape index (κ1) is 20.9. The van der Waals surface area contributed by atoms with Crippen LogP contribution in [-0.2, 0) is 38.2 Å². The second kappa shape index (κ2) is 9.39. The van der Waals surface area contributed by atoms with E-state index in [1.807, 2.05) is 0 Å². The highest BCUT2D eigenvalue weighted by Crippen LogP contribution is 2.29. The van der Waals surface area contributed by atoms with E-state index in [2.05, 4.69) is 14.9 Å². The number of nitrogens with zero attached hydrogens (tertiary/aromatic N) is 4. The highest BCUT2D eigenvalue weighted by Gasteiger charge is 2.51. The molecule has 0 aromatic rings. The molecular formula is C12H16N4O10. The zero-order valence-corrected chi connectivity index (χ0v) is 14.0. The molecule has 1 aliphatic rings. The van der Waals surface area contributed by atoms with Crippen LogP contribution in [0.15, 0.2) is 5.11 Å². The lowest BCUT2D eigenvalue weighted by atomic mass is 9.97. The van der Waals surface area contributed by atoms with Gasteiger partial charge in [-0.3, -0.25) is 19.2 Å². The third kappa shape index (κ3) is 6.07. The van der Waals surface area contributed by atoms with Crippen LogP contribution in [-0.4, -0.2) is 60.2 Å². The Kier molecular flexibility index (Phi) is 7.55. The molecule has 1 heterocycles. The summed E-state index contributed by atoms with van der Waals surface area (Å²) in [6.45, 7) is 2.68. The van der Waals surface area contributed by atoms with Crippen LogP contribution in [0, 0.1) is 10.1 Å². The molecule has 0 N–H and O–H groups in total. The van der Waals surface area contributed by atoms with E-state index in [0.717, 1.165) is 20.8 Å². The molecule has 1 rings (SSSR count). The van der Waals surface area contributed by atoms with Crippen molar-refractivity contribution in [3.63, 3.8) is 0 Å². The molecule has 0 radical (unpaired) electrons. The van der Waals surface area contributed by atoms with Crippen LogP contribution in [0.1, 0.15) is 20.8 Å². The number of esters is 3. The molecule has 1 fully saturated rings. The van der Waals surface area contributed by atoms with E-state index in [1.54, 1.807) is 0 Å². The van der Waals surface area contributed by atoms with Gasteiger partial charge in [-0.1, -0.05) is 5.11 Å². The number of ether oxygens (including phenoxy) is 4. The number of azide groups is 1. The highest BCUT2D eigenvalue weighted by molar-refractivity contribution is 5.68. The van der Waals surface area contributed by atoms with E-state index < -0.39 is 60.2 Å². The summed E-state index contributed by atoms with van der Waals surface area (Å²) in [6.07, 6.45) is -5.94. The molecule has 0 bridgehead atoms. The molecule has 14 heteroatoms. The van der Waals surface area contributed by atoms with Crippen LogP contribution < -0.4 is 0 Å². The summed E-state index contributed by atoms with van der Waals surface area (Å²) in [5.41, 5.74) is 8.69. The molecular weight excluding hydrogens is 360 g/mol. The van der Waals surface area contributed by atoms with Crippen molar-refractivity contribution in [2.24, 2.45) is 5.11 Å². The Hall–Kier alpha value is -3.12. The Labute approximate surface area is 146 Å². The molecule has 1 aliphatic heterocycles. The van der Waals surface area contributed by atoms with E-state index in [-0.39, 0.29) is 0 Å². The van der Waals surface area contributed by atoms with Gasteiger partial charge in [0.2, 0.25) is 6.29 Å². The Morgan fingerprint density at radius 3 is 2.19 bits per heavy atom. The second-order valence-corrected chi connectivity index (χ2v) is 5.02. The van der Waals surface area contributed by atoms with E-state index in [9.17, 15) is 24.5 Å². The lowest BCUT2D eigenvalue weighted by Crippen LogP contribution is -2.61. The predicted molar refractivity (Wildman–Crippen MR) is 77.4 cm³/mol. The summed E-state index contributed by atoms with van der Waals surface area (Å²) in [5, 5.41) is 12.8. The number of rotatable bonds is 7. The molecule has 1 saturated heterocycles. The summed E-state index contributed by atoms with van der Waals surface area (Å²) < 4.78 is 20.1. The zero-order valence-electron chi connectivity index (χ0n) is 14.0. The fourth-order valence-electron chi connectivity index (χ4n) is 2.24. The van der Waals surface area contributed by atoms with Gasteiger partial charge >= 0.3 is 17.9 Å². The fraction of sp³-hybridized carbons (Fsp3) is 0.750. The van der Waals surface area contributed by atoms with E-state index in [1.165, 1.54) is 0 Å². The largest absolute Gasteiger partial charge is 0.463 e. The smallest absolute Gasteiger partial charge is 0.303 e. The minimum absolute atomic E-state index is 0.494. The average Bonchev–Trinajstić information content (AvgIpc) is 2.49. The third-order valence-electron chi connectivity index (χ3n) is 3.04. The van der Waals surface area contributed by atoms with E-state index in [4.69, 9.17) is 24.5 Å². The van der Waals surface area contributed by atoms with Crippen LogP contribution in [0.3, 0.4) is 0 Å². The van der Waals surface area contributed by atoms with Crippen molar-refractivity contribution in [2.45, 2.75) is 51.4 Å². The molecule has 3 unspecified atom stereocenters. The summed E-state index contributed by atoms with van der Waals surface area (Å²) in [5.74, 6) is -2.36. The van der Waals surface area contributed by atoms with Crippen LogP contribution in [0.2, 0.25) is 0 Å². The normalized spacial score (nSPS) is 27.4. The van der Waals surface area contributed by atoms with Gasteiger partial charge in [0, 0.05) is 25.7 Å². The first-order chi connectivity index (χ1) is 12.1. The maximum Gasteiger partial charge on any atom is 0.303 e. The van der Waals surface area contributed by atoms with Crippen molar-refractivity contribution in [1.82, 2.24) is 0 Å². The Morgan fingerprint density at radius 1 is 1.15 bits per heavy atom. The van der Waals surface area contributed by atoms with Gasteiger partial charge < -0.3 is 18.9 Å². The van der Waals surface area contributed by atoms with Crippen LogP contribution in [0.4, 0.5) is 0 Å². The summed E-state index contributed by atoms with van der Waals surface area (Å²) in [6, 6.07) is -1.55. The Bertz CT molecular complexity index is 619. The minimum Gasteiger partial charge on any atom is -0.463 e. The molecule has 144 valence electrons. The van der Waals surface area contributed by atoms with Gasteiger partial charge in [0.1, 0.15) is 18.8 Å².